The van der Waals surface area contributed by atoms with E-state index in [9.17, 15) is 5.11 Å². The van der Waals surface area contributed by atoms with Crippen LogP contribution in [-0.4, -0.2) is 27.7 Å². The van der Waals surface area contributed by atoms with Crippen molar-refractivity contribution in [3.8, 4) is 11.5 Å². The van der Waals surface area contributed by atoms with Crippen LogP contribution in [0.5, 0.6) is 11.5 Å². The Morgan fingerprint density at radius 3 is 2.62 bits per heavy atom. The van der Waals surface area contributed by atoms with Gasteiger partial charge in [-0.05, 0) is 53.4 Å². The van der Waals surface area contributed by atoms with Crippen molar-refractivity contribution in [2.24, 2.45) is 5.73 Å². The highest BCUT2D eigenvalue weighted by Gasteiger charge is 2.06. The maximum atomic E-state index is 9.51. The topological polar surface area (TPSA) is 81.3 Å². The van der Waals surface area contributed by atoms with Crippen LogP contribution in [0.15, 0.2) is 67.3 Å². The van der Waals surface area contributed by atoms with Crippen molar-refractivity contribution in [2.45, 2.75) is 12.5 Å². The lowest BCUT2D eigenvalue weighted by Crippen LogP contribution is -2.30. The van der Waals surface area contributed by atoms with Crippen molar-refractivity contribution in [3.63, 3.8) is 0 Å². The standard InChI is InChI=1S/C21H21N3O2/c22-19(10-17-2-1-3-20(25)11-17)15-26-21-12-18(13-24-14-21)5-4-16-6-8-23-9-7-16/h1-9,11-14,19,25H,10,15,22H2/b5-4+/t19-/m0/s1. The van der Waals surface area contributed by atoms with Crippen LogP contribution in [0.2, 0.25) is 0 Å². The predicted octanol–water partition coefficient (Wildman–Crippen LogP) is 3.30. The summed E-state index contributed by atoms with van der Waals surface area (Å²) in [6.45, 7) is 0.370. The van der Waals surface area contributed by atoms with Crippen molar-refractivity contribution >= 4 is 12.2 Å². The third kappa shape index (κ3) is 5.43. The summed E-state index contributed by atoms with van der Waals surface area (Å²) in [5, 5.41) is 9.51. The second kappa shape index (κ2) is 8.78. The zero-order valence-corrected chi connectivity index (χ0v) is 14.3. The molecule has 3 aromatic rings. The van der Waals surface area contributed by atoms with Gasteiger partial charge in [0.15, 0.2) is 0 Å². The van der Waals surface area contributed by atoms with Gasteiger partial charge in [0.2, 0.25) is 0 Å². The molecular weight excluding hydrogens is 326 g/mol. The molecule has 0 aliphatic heterocycles. The normalized spacial score (nSPS) is 12.2. The number of nitrogens with two attached hydrogens (primary N) is 1. The number of aromatic nitrogens is 2. The Kier molecular flexibility index (Phi) is 5.96. The van der Waals surface area contributed by atoms with Crippen LogP contribution in [0.1, 0.15) is 16.7 Å². The highest BCUT2D eigenvalue weighted by molar-refractivity contribution is 5.69. The van der Waals surface area contributed by atoms with Crippen LogP contribution in [0.25, 0.3) is 12.2 Å². The molecule has 2 aromatic heterocycles. The SMILES string of the molecule is N[C@H](COc1cncc(/C=C/c2ccncc2)c1)Cc1cccc(O)c1. The molecule has 0 aliphatic carbocycles. The summed E-state index contributed by atoms with van der Waals surface area (Å²) in [6.07, 6.45) is 11.6. The average molecular weight is 347 g/mol. The number of nitrogens with zero attached hydrogens (tertiary/aromatic N) is 2. The summed E-state index contributed by atoms with van der Waals surface area (Å²) in [6, 6.07) is 12.7. The van der Waals surface area contributed by atoms with Gasteiger partial charge in [-0.25, -0.2) is 0 Å². The van der Waals surface area contributed by atoms with E-state index in [1.807, 2.05) is 36.4 Å². The minimum atomic E-state index is -0.173. The monoisotopic (exact) mass is 347 g/mol. The Morgan fingerprint density at radius 2 is 1.81 bits per heavy atom. The first-order valence-corrected chi connectivity index (χ1v) is 8.38. The van der Waals surface area contributed by atoms with Gasteiger partial charge in [-0.1, -0.05) is 24.3 Å². The lowest BCUT2D eigenvalue weighted by atomic mass is 10.1. The number of ether oxygens (including phenoxy) is 1. The van der Waals surface area contributed by atoms with Gasteiger partial charge in [0.05, 0.1) is 6.20 Å². The number of benzene rings is 1. The minimum absolute atomic E-state index is 0.173. The average Bonchev–Trinajstić information content (AvgIpc) is 2.66. The van der Waals surface area contributed by atoms with Crippen molar-refractivity contribution in [2.75, 3.05) is 6.61 Å². The Morgan fingerprint density at radius 1 is 1.00 bits per heavy atom. The van der Waals surface area contributed by atoms with Gasteiger partial charge in [0, 0.05) is 24.6 Å². The van der Waals surface area contributed by atoms with Crippen LogP contribution >= 0.6 is 0 Å². The van der Waals surface area contributed by atoms with Crippen molar-refractivity contribution in [3.05, 3.63) is 83.9 Å². The third-order valence-electron chi connectivity index (χ3n) is 3.78. The first-order valence-electron chi connectivity index (χ1n) is 8.38. The number of phenols is 1. The molecule has 0 saturated carbocycles. The molecule has 0 fully saturated rings. The first-order chi connectivity index (χ1) is 12.7. The lowest BCUT2D eigenvalue weighted by molar-refractivity contribution is 0.286. The van der Waals surface area contributed by atoms with E-state index in [-0.39, 0.29) is 11.8 Å². The minimum Gasteiger partial charge on any atom is -0.508 e. The van der Waals surface area contributed by atoms with Gasteiger partial charge in [-0.2, -0.15) is 0 Å². The van der Waals surface area contributed by atoms with Crippen LogP contribution < -0.4 is 10.5 Å². The molecule has 0 radical (unpaired) electrons. The zero-order chi connectivity index (χ0) is 18.2. The largest absolute Gasteiger partial charge is 0.508 e. The van der Waals surface area contributed by atoms with Crippen LogP contribution in [0, 0.1) is 0 Å². The van der Waals surface area contributed by atoms with E-state index >= 15 is 0 Å². The van der Waals surface area contributed by atoms with Gasteiger partial charge < -0.3 is 15.6 Å². The Labute approximate surface area is 152 Å². The number of hydrogen-bond donors (Lipinski definition) is 2. The number of hydrogen-bond acceptors (Lipinski definition) is 5. The zero-order valence-electron chi connectivity index (χ0n) is 14.3. The molecule has 2 heterocycles. The van der Waals surface area contributed by atoms with Crippen molar-refractivity contribution < 1.29 is 9.84 Å². The fourth-order valence-corrected chi connectivity index (χ4v) is 2.52. The van der Waals surface area contributed by atoms with E-state index < -0.39 is 0 Å². The fraction of sp³-hybridized carbons (Fsp3) is 0.143. The molecule has 5 heteroatoms. The van der Waals surface area contributed by atoms with Gasteiger partial charge >= 0.3 is 0 Å². The number of pyridine rings is 2. The van der Waals surface area contributed by atoms with Crippen LogP contribution in [0.3, 0.4) is 0 Å². The quantitative estimate of drug-likeness (QED) is 0.685. The molecule has 1 atom stereocenters. The van der Waals surface area contributed by atoms with Crippen LogP contribution in [0.4, 0.5) is 0 Å². The maximum absolute atomic E-state index is 9.51. The van der Waals surface area contributed by atoms with Gasteiger partial charge in [0.25, 0.3) is 0 Å². The Bertz CT molecular complexity index is 866. The van der Waals surface area contributed by atoms with E-state index in [1.54, 1.807) is 43.0 Å². The summed E-state index contributed by atoms with van der Waals surface area (Å²) < 4.78 is 5.77. The summed E-state index contributed by atoms with van der Waals surface area (Å²) in [7, 11) is 0. The molecule has 0 saturated heterocycles. The smallest absolute Gasteiger partial charge is 0.138 e. The first kappa shape index (κ1) is 17.6. The lowest BCUT2D eigenvalue weighted by Gasteiger charge is -2.13. The predicted molar refractivity (Wildman–Crippen MR) is 103 cm³/mol. The van der Waals surface area contributed by atoms with Crippen molar-refractivity contribution in [1.29, 1.82) is 0 Å². The van der Waals surface area contributed by atoms with Crippen molar-refractivity contribution in [1.82, 2.24) is 9.97 Å². The Balaban J connectivity index is 1.56. The van der Waals surface area contributed by atoms with E-state index in [0.29, 0.717) is 18.8 Å². The summed E-state index contributed by atoms with van der Waals surface area (Å²) in [5.41, 5.74) is 9.12. The third-order valence-corrected chi connectivity index (χ3v) is 3.78. The van der Waals surface area contributed by atoms with E-state index in [2.05, 4.69) is 9.97 Å². The van der Waals surface area contributed by atoms with Crippen LogP contribution in [-0.2, 0) is 6.42 Å². The van der Waals surface area contributed by atoms with E-state index in [4.69, 9.17) is 10.5 Å². The molecule has 0 bridgehead atoms. The highest BCUT2D eigenvalue weighted by atomic mass is 16.5. The summed E-state index contributed by atoms with van der Waals surface area (Å²) >= 11 is 0. The van der Waals surface area contributed by atoms with Gasteiger partial charge in [-0.15, -0.1) is 0 Å². The second-order valence-corrected chi connectivity index (χ2v) is 6.01. The van der Waals surface area contributed by atoms with Gasteiger partial charge in [-0.3, -0.25) is 9.97 Å². The molecular formula is C21H21N3O2. The van der Waals surface area contributed by atoms with Gasteiger partial charge in [0.1, 0.15) is 18.1 Å². The fourth-order valence-electron chi connectivity index (χ4n) is 2.52. The molecule has 132 valence electrons. The molecule has 0 unspecified atom stereocenters. The molecule has 0 amide bonds. The number of aromatic hydroxyl groups is 1. The number of phenolic OH excluding ortho intramolecular Hbond substituents is 1. The molecule has 0 spiro atoms. The Hall–Kier alpha value is -3.18. The molecule has 3 N–H and O–H groups in total. The van der Waals surface area contributed by atoms with E-state index in [1.165, 1.54) is 0 Å². The number of rotatable bonds is 7. The molecule has 3 rings (SSSR count). The molecule has 0 aliphatic rings. The highest BCUT2D eigenvalue weighted by Crippen LogP contribution is 2.15. The maximum Gasteiger partial charge on any atom is 0.138 e. The molecule has 1 aromatic carbocycles. The second-order valence-electron chi connectivity index (χ2n) is 6.01. The summed E-state index contributed by atoms with van der Waals surface area (Å²) in [4.78, 5) is 8.21. The molecule has 5 nitrogen and oxygen atoms in total. The van der Waals surface area contributed by atoms with E-state index in [0.717, 1.165) is 16.7 Å². The molecule has 26 heavy (non-hydrogen) atoms. The summed E-state index contributed by atoms with van der Waals surface area (Å²) in [5.74, 6) is 0.918.